The molecular weight excluding hydrogens is 266 g/mol. The molecule has 0 bridgehead atoms. The van der Waals surface area contributed by atoms with Crippen LogP contribution in [-0.4, -0.2) is 23.3 Å². The highest BCUT2D eigenvalue weighted by Crippen LogP contribution is 2.11. The monoisotopic (exact) mass is 285 g/mol. The molecule has 2 aromatic rings. The summed E-state index contributed by atoms with van der Waals surface area (Å²) < 4.78 is 7.02. The molecule has 0 saturated carbocycles. The standard InChI is InChI=1S/C16H19N3O2/c1-12(13-6-8-15(21-3)9-7-13)17-18-16(20)11-14-5-4-10-19(14)2/h4-10H,11H2,1-3H3,(H,18,20)/b17-12-. The lowest BCUT2D eigenvalue weighted by Gasteiger charge is -2.05. The molecule has 21 heavy (non-hydrogen) atoms. The van der Waals surface area contributed by atoms with Gasteiger partial charge in [-0.15, -0.1) is 0 Å². The third kappa shape index (κ3) is 3.95. The number of aromatic nitrogens is 1. The first-order valence-corrected chi connectivity index (χ1v) is 6.68. The molecule has 0 spiro atoms. The van der Waals surface area contributed by atoms with Crippen molar-refractivity contribution in [3.05, 3.63) is 53.9 Å². The molecule has 1 aromatic heterocycles. The van der Waals surface area contributed by atoms with Gasteiger partial charge in [-0.1, -0.05) is 0 Å². The summed E-state index contributed by atoms with van der Waals surface area (Å²) in [4.78, 5) is 11.8. The van der Waals surface area contributed by atoms with E-state index in [1.54, 1.807) is 7.11 Å². The number of carbonyl (C=O) groups excluding carboxylic acids is 1. The van der Waals surface area contributed by atoms with Crippen molar-refractivity contribution in [2.45, 2.75) is 13.3 Å². The molecule has 1 amide bonds. The SMILES string of the molecule is COc1ccc(/C(C)=N\NC(=O)Cc2cccn2C)cc1. The number of hydrogen-bond acceptors (Lipinski definition) is 3. The number of hydrazone groups is 1. The normalized spacial score (nSPS) is 11.3. The van der Waals surface area contributed by atoms with Gasteiger partial charge in [0.15, 0.2) is 0 Å². The summed E-state index contributed by atoms with van der Waals surface area (Å²) in [5.74, 6) is 0.656. The van der Waals surface area contributed by atoms with Crippen LogP contribution in [0.5, 0.6) is 5.75 Å². The van der Waals surface area contributed by atoms with Crippen LogP contribution in [0.2, 0.25) is 0 Å². The minimum atomic E-state index is -0.135. The van der Waals surface area contributed by atoms with Crippen LogP contribution in [0.4, 0.5) is 0 Å². The van der Waals surface area contributed by atoms with Crippen LogP contribution < -0.4 is 10.2 Å². The van der Waals surface area contributed by atoms with Crippen LogP contribution in [0.15, 0.2) is 47.7 Å². The van der Waals surface area contributed by atoms with Gasteiger partial charge in [0.1, 0.15) is 5.75 Å². The summed E-state index contributed by atoms with van der Waals surface area (Å²) in [6.07, 6.45) is 2.22. The van der Waals surface area contributed by atoms with Gasteiger partial charge < -0.3 is 9.30 Å². The summed E-state index contributed by atoms with van der Waals surface area (Å²) >= 11 is 0. The first kappa shape index (κ1) is 14.8. The maximum absolute atomic E-state index is 11.8. The Morgan fingerprint density at radius 3 is 2.57 bits per heavy atom. The Morgan fingerprint density at radius 1 is 1.29 bits per heavy atom. The van der Waals surface area contributed by atoms with Crippen molar-refractivity contribution in [1.82, 2.24) is 9.99 Å². The quantitative estimate of drug-likeness (QED) is 0.676. The van der Waals surface area contributed by atoms with Crippen molar-refractivity contribution >= 4 is 11.6 Å². The highest BCUT2D eigenvalue weighted by Gasteiger charge is 2.05. The average molecular weight is 285 g/mol. The molecule has 1 heterocycles. The number of carbonyl (C=O) groups is 1. The van der Waals surface area contributed by atoms with Crippen molar-refractivity contribution in [3.8, 4) is 5.75 Å². The van der Waals surface area contributed by atoms with Crippen LogP contribution in [0.3, 0.4) is 0 Å². The number of rotatable bonds is 5. The van der Waals surface area contributed by atoms with Crippen LogP contribution >= 0.6 is 0 Å². The number of methoxy groups -OCH3 is 1. The van der Waals surface area contributed by atoms with Gasteiger partial charge in [0, 0.05) is 18.9 Å². The molecule has 5 nitrogen and oxygen atoms in total. The number of nitrogens with one attached hydrogen (secondary N) is 1. The van der Waals surface area contributed by atoms with Crippen LogP contribution in [-0.2, 0) is 18.3 Å². The molecule has 1 aromatic carbocycles. The molecule has 0 atom stereocenters. The predicted octanol–water partition coefficient (Wildman–Crippen LogP) is 2.12. The average Bonchev–Trinajstić information content (AvgIpc) is 2.90. The van der Waals surface area contributed by atoms with E-state index in [0.717, 1.165) is 22.7 Å². The fourth-order valence-corrected chi connectivity index (χ4v) is 1.93. The zero-order valence-electron chi connectivity index (χ0n) is 12.5. The Bertz CT molecular complexity index is 642. The van der Waals surface area contributed by atoms with Gasteiger partial charge in [-0.2, -0.15) is 5.10 Å². The van der Waals surface area contributed by atoms with Crippen molar-refractivity contribution < 1.29 is 9.53 Å². The van der Waals surface area contributed by atoms with Gasteiger partial charge in [-0.05, 0) is 48.9 Å². The molecule has 1 N–H and O–H groups in total. The van der Waals surface area contributed by atoms with Gasteiger partial charge in [-0.25, -0.2) is 5.43 Å². The Balaban J connectivity index is 1.96. The molecule has 0 aliphatic carbocycles. The van der Waals surface area contributed by atoms with Crippen LogP contribution in [0, 0.1) is 0 Å². The summed E-state index contributed by atoms with van der Waals surface area (Å²) in [5.41, 5.74) is 5.22. The van der Waals surface area contributed by atoms with Gasteiger partial charge >= 0.3 is 0 Å². The lowest BCUT2D eigenvalue weighted by atomic mass is 10.1. The van der Waals surface area contributed by atoms with Gasteiger partial charge in [-0.3, -0.25) is 4.79 Å². The predicted molar refractivity (Wildman–Crippen MR) is 82.5 cm³/mol. The maximum Gasteiger partial charge on any atom is 0.246 e. The fraction of sp³-hybridized carbons (Fsp3) is 0.250. The minimum absolute atomic E-state index is 0.135. The zero-order valence-corrected chi connectivity index (χ0v) is 12.5. The first-order valence-electron chi connectivity index (χ1n) is 6.68. The summed E-state index contributed by atoms with van der Waals surface area (Å²) in [5, 5.41) is 4.13. The van der Waals surface area contributed by atoms with Crippen molar-refractivity contribution in [2.24, 2.45) is 12.1 Å². The first-order chi connectivity index (χ1) is 10.1. The van der Waals surface area contributed by atoms with Gasteiger partial charge in [0.05, 0.1) is 19.2 Å². The number of nitrogens with zero attached hydrogens (tertiary/aromatic N) is 2. The zero-order chi connectivity index (χ0) is 15.2. The Hall–Kier alpha value is -2.56. The van der Waals surface area contributed by atoms with Crippen LogP contribution in [0.25, 0.3) is 0 Å². The lowest BCUT2D eigenvalue weighted by Crippen LogP contribution is -2.22. The highest BCUT2D eigenvalue weighted by atomic mass is 16.5. The molecule has 0 aliphatic heterocycles. The Morgan fingerprint density at radius 2 is 2.00 bits per heavy atom. The van der Waals surface area contributed by atoms with E-state index in [-0.39, 0.29) is 5.91 Å². The highest BCUT2D eigenvalue weighted by molar-refractivity contribution is 5.99. The molecule has 0 radical (unpaired) electrons. The summed E-state index contributed by atoms with van der Waals surface area (Å²) in [6, 6.07) is 11.4. The van der Waals surface area contributed by atoms with E-state index in [9.17, 15) is 4.79 Å². The van der Waals surface area contributed by atoms with E-state index in [2.05, 4.69) is 10.5 Å². The Labute approximate surface area is 124 Å². The molecule has 0 aliphatic rings. The van der Waals surface area contributed by atoms with Crippen molar-refractivity contribution in [3.63, 3.8) is 0 Å². The van der Waals surface area contributed by atoms with E-state index < -0.39 is 0 Å². The molecule has 5 heteroatoms. The summed E-state index contributed by atoms with van der Waals surface area (Å²) in [6.45, 7) is 1.85. The van der Waals surface area contributed by atoms with E-state index in [1.165, 1.54) is 0 Å². The van der Waals surface area contributed by atoms with Crippen molar-refractivity contribution in [2.75, 3.05) is 7.11 Å². The van der Waals surface area contributed by atoms with E-state index in [1.807, 2.05) is 61.1 Å². The largest absolute Gasteiger partial charge is 0.497 e. The summed E-state index contributed by atoms with van der Waals surface area (Å²) in [7, 11) is 3.54. The number of benzene rings is 1. The second kappa shape index (κ2) is 6.74. The van der Waals surface area contributed by atoms with Gasteiger partial charge in [0.25, 0.3) is 0 Å². The number of amides is 1. The number of hydrogen-bond donors (Lipinski definition) is 1. The number of aryl methyl sites for hydroxylation is 1. The van der Waals surface area contributed by atoms with Crippen LogP contribution in [0.1, 0.15) is 18.2 Å². The maximum atomic E-state index is 11.8. The molecule has 0 fully saturated rings. The molecular formula is C16H19N3O2. The number of ether oxygens (including phenoxy) is 1. The third-order valence-corrected chi connectivity index (χ3v) is 3.25. The Kier molecular flexibility index (Phi) is 4.77. The van der Waals surface area contributed by atoms with E-state index in [0.29, 0.717) is 6.42 Å². The molecule has 2 rings (SSSR count). The molecule has 0 saturated heterocycles. The van der Waals surface area contributed by atoms with E-state index >= 15 is 0 Å². The topological polar surface area (TPSA) is 55.6 Å². The minimum Gasteiger partial charge on any atom is -0.497 e. The molecule has 0 unspecified atom stereocenters. The molecule has 110 valence electrons. The fourth-order valence-electron chi connectivity index (χ4n) is 1.93. The van der Waals surface area contributed by atoms with Crippen molar-refractivity contribution in [1.29, 1.82) is 0 Å². The third-order valence-electron chi connectivity index (χ3n) is 3.25. The second-order valence-corrected chi connectivity index (χ2v) is 4.75. The van der Waals surface area contributed by atoms with Gasteiger partial charge in [0.2, 0.25) is 5.91 Å². The van der Waals surface area contributed by atoms with E-state index in [4.69, 9.17) is 4.74 Å². The smallest absolute Gasteiger partial charge is 0.246 e. The second-order valence-electron chi connectivity index (χ2n) is 4.75. The lowest BCUT2D eigenvalue weighted by molar-refractivity contribution is -0.120.